The van der Waals surface area contributed by atoms with Crippen LogP contribution in [-0.4, -0.2) is 26.1 Å². The highest BCUT2D eigenvalue weighted by atomic mass is 32.1. The van der Waals surface area contributed by atoms with Crippen LogP contribution in [0.5, 0.6) is 0 Å². The van der Waals surface area contributed by atoms with Crippen molar-refractivity contribution in [2.24, 2.45) is 5.92 Å². The Bertz CT molecular complexity index is 1010. The van der Waals surface area contributed by atoms with Crippen molar-refractivity contribution in [1.82, 2.24) is 19.5 Å². The zero-order valence-corrected chi connectivity index (χ0v) is 16.0. The van der Waals surface area contributed by atoms with E-state index in [0.29, 0.717) is 5.52 Å². The standard InChI is InChI=1S/C19H24N4O2S/c1-3-14-8-15-17(26-14)9-16-19(25)23(20-11-22(15)16)10-18(24)21-13-6-4-12(2)5-7-13/h8-9,11-13H,3-7,10H2,1-2H3,(H,21,24). The molecule has 0 radical (unpaired) electrons. The van der Waals surface area contributed by atoms with Crippen LogP contribution < -0.4 is 10.9 Å². The summed E-state index contributed by atoms with van der Waals surface area (Å²) in [7, 11) is 0. The number of hydrogen-bond acceptors (Lipinski definition) is 4. The van der Waals surface area contributed by atoms with Gasteiger partial charge in [0.15, 0.2) is 0 Å². The van der Waals surface area contributed by atoms with Gasteiger partial charge in [-0.2, -0.15) is 5.10 Å². The van der Waals surface area contributed by atoms with Gasteiger partial charge in [0, 0.05) is 10.9 Å². The lowest BCUT2D eigenvalue weighted by Gasteiger charge is -2.26. The monoisotopic (exact) mass is 372 g/mol. The molecule has 1 aliphatic carbocycles. The third kappa shape index (κ3) is 3.16. The molecule has 1 N–H and O–H groups in total. The van der Waals surface area contributed by atoms with Crippen LogP contribution in [0.4, 0.5) is 0 Å². The minimum absolute atomic E-state index is 0.0274. The van der Waals surface area contributed by atoms with E-state index in [1.165, 1.54) is 9.56 Å². The highest BCUT2D eigenvalue weighted by Crippen LogP contribution is 2.28. The van der Waals surface area contributed by atoms with Crippen molar-refractivity contribution in [3.8, 4) is 0 Å². The lowest BCUT2D eigenvalue weighted by atomic mass is 9.87. The molecule has 26 heavy (non-hydrogen) atoms. The largest absolute Gasteiger partial charge is 0.352 e. The van der Waals surface area contributed by atoms with E-state index < -0.39 is 0 Å². The number of carbonyl (C=O) groups excluding carboxylic acids is 1. The summed E-state index contributed by atoms with van der Waals surface area (Å²) in [4.78, 5) is 26.4. The summed E-state index contributed by atoms with van der Waals surface area (Å²) in [6.45, 7) is 4.34. The van der Waals surface area contributed by atoms with E-state index >= 15 is 0 Å². The fourth-order valence-electron chi connectivity index (χ4n) is 3.75. The molecular weight excluding hydrogens is 348 g/mol. The summed E-state index contributed by atoms with van der Waals surface area (Å²) >= 11 is 1.70. The van der Waals surface area contributed by atoms with Crippen LogP contribution in [0.2, 0.25) is 0 Å². The number of fused-ring (bicyclic) bond motifs is 3. The molecule has 3 aromatic heterocycles. The van der Waals surface area contributed by atoms with E-state index in [4.69, 9.17) is 0 Å². The summed E-state index contributed by atoms with van der Waals surface area (Å²) in [5, 5.41) is 7.28. The minimum atomic E-state index is -0.221. The van der Waals surface area contributed by atoms with E-state index in [1.54, 1.807) is 17.7 Å². The molecular formula is C19H24N4O2S. The Labute approximate surface area is 155 Å². The molecule has 1 amide bonds. The van der Waals surface area contributed by atoms with E-state index in [1.807, 2.05) is 10.5 Å². The summed E-state index contributed by atoms with van der Waals surface area (Å²) in [6.07, 6.45) is 6.95. The molecule has 0 bridgehead atoms. The van der Waals surface area contributed by atoms with Gasteiger partial charge in [0.25, 0.3) is 5.56 Å². The lowest BCUT2D eigenvalue weighted by molar-refractivity contribution is -0.122. The van der Waals surface area contributed by atoms with Crippen molar-refractivity contribution in [3.63, 3.8) is 0 Å². The van der Waals surface area contributed by atoms with E-state index in [2.05, 4.69) is 30.3 Å². The number of carbonyl (C=O) groups is 1. The molecule has 0 atom stereocenters. The van der Waals surface area contributed by atoms with Crippen molar-refractivity contribution in [2.45, 2.75) is 58.5 Å². The highest BCUT2D eigenvalue weighted by molar-refractivity contribution is 7.19. The quantitative estimate of drug-likeness (QED) is 0.765. The van der Waals surface area contributed by atoms with Crippen molar-refractivity contribution >= 4 is 33.0 Å². The van der Waals surface area contributed by atoms with Crippen molar-refractivity contribution < 1.29 is 4.79 Å². The second kappa shape index (κ2) is 6.87. The van der Waals surface area contributed by atoms with Gasteiger partial charge >= 0.3 is 0 Å². The van der Waals surface area contributed by atoms with Gasteiger partial charge in [-0.25, -0.2) is 4.68 Å². The molecule has 0 aliphatic heterocycles. The van der Waals surface area contributed by atoms with Crippen LogP contribution in [-0.2, 0) is 17.8 Å². The first-order valence-electron chi connectivity index (χ1n) is 9.34. The SMILES string of the molecule is CCc1cc2c(cc3c(=O)n(CC(=O)NC4CCC(C)CC4)ncn32)s1. The zero-order valence-electron chi connectivity index (χ0n) is 15.2. The number of hydrogen-bond donors (Lipinski definition) is 1. The first-order valence-corrected chi connectivity index (χ1v) is 10.2. The summed E-state index contributed by atoms with van der Waals surface area (Å²) in [6, 6.07) is 4.24. The molecule has 0 spiro atoms. The molecule has 4 rings (SSSR count). The number of aryl methyl sites for hydroxylation is 1. The van der Waals surface area contributed by atoms with Gasteiger partial charge in [0.2, 0.25) is 5.91 Å². The molecule has 1 aliphatic rings. The van der Waals surface area contributed by atoms with Crippen molar-refractivity contribution in [2.75, 3.05) is 0 Å². The van der Waals surface area contributed by atoms with E-state index in [-0.39, 0.29) is 24.1 Å². The number of nitrogens with zero attached hydrogens (tertiary/aromatic N) is 3. The van der Waals surface area contributed by atoms with Gasteiger partial charge in [-0.3, -0.25) is 14.0 Å². The Morgan fingerprint density at radius 1 is 1.27 bits per heavy atom. The van der Waals surface area contributed by atoms with Gasteiger partial charge in [-0.1, -0.05) is 13.8 Å². The van der Waals surface area contributed by atoms with Crippen LogP contribution >= 0.6 is 11.3 Å². The first-order chi connectivity index (χ1) is 12.5. The predicted octanol–water partition coefficient (Wildman–Crippen LogP) is 2.97. The average molecular weight is 372 g/mol. The van der Waals surface area contributed by atoms with Gasteiger partial charge < -0.3 is 5.32 Å². The van der Waals surface area contributed by atoms with Crippen LogP contribution in [0.25, 0.3) is 15.7 Å². The Morgan fingerprint density at radius 3 is 2.77 bits per heavy atom. The third-order valence-electron chi connectivity index (χ3n) is 5.36. The molecule has 0 aromatic carbocycles. The maximum absolute atomic E-state index is 12.7. The van der Waals surface area contributed by atoms with Crippen molar-refractivity contribution in [1.29, 1.82) is 0 Å². The maximum Gasteiger partial charge on any atom is 0.291 e. The van der Waals surface area contributed by atoms with Gasteiger partial charge in [-0.15, -0.1) is 11.3 Å². The molecule has 3 heterocycles. The van der Waals surface area contributed by atoms with Gasteiger partial charge in [0.05, 0.1) is 10.2 Å². The molecule has 0 unspecified atom stereocenters. The Morgan fingerprint density at radius 2 is 2.04 bits per heavy atom. The Kier molecular flexibility index (Phi) is 4.56. The Balaban J connectivity index is 1.54. The molecule has 6 nitrogen and oxygen atoms in total. The predicted molar refractivity (Wildman–Crippen MR) is 104 cm³/mol. The van der Waals surface area contributed by atoms with E-state index in [0.717, 1.165) is 48.2 Å². The number of rotatable bonds is 4. The topological polar surface area (TPSA) is 68.4 Å². The fraction of sp³-hybridized carbons (Fsp3) is 0.526. The molecule has 1 saturated carbocycles. The molecule has 1 fully saturated rings. The molecule has 0 saturated heterocycles. The highest BCUT2D eigenvalue weighted by Gasteiger charge is 2.20. The molecule has 7 heteroatoms. The smallest absolute Gasteiger partial charge is 0.291 e. The molecule has 138 valence electrons. The van der Waals surface area contributed by atoms with Gasteiger partial charge in [-0.05, 0) is 50.2 Å². The first kappa shape index (κ1) is 17.3. The number of amides is 1. The van der Waals surface area contributed by atoms with Crippen LogP contribution in [0.3, 0.4) is 0 Å². The average Bonchev–Trinajstić information content (AvgIpc) is 3.17. The summed E-state index contributed by atoms with van der Waals surface area (Å²) < 4.78 is 4.17. The molecule has 3 aromatic rings. The van der Waals surface area contributed by atoms with Gasteiger partial charge in [0.1, 0.15) is 18.4 Å². The zero-order chi connectivity index (χ0) is 18.3. The third-order valence-corrected chi connectivity index (χ3v) is 6.58. The second-order valence-electron chi connectivity index (χ2n) is 7.33. The summed E-state index contributed by atoms with van der Waals surface area (Å²) in [5.41, 5.74) is 1.36. The number of thiophene rings is 1. The van der Waals surface area contributed by atoms with Crippen molar-refractivity contribution in [3.05, 3.63) is 33.7 Å². The van der Waals surface area contributed by atoms with Crippen LogP contribution in [0.15, 0.2) is 23.3 Å². The maximum atomic E-state index is 12.7. The van der Waals surface area contributed by atoms with Crippen LogP contribution in [0, 0.1) is 5.92 Å². The normalized spacial score (nSPS) is 20.7. The minimum Gasteiger partial charge on any atom is -0.352 e. The lowest BCUT2D eigenvalue weighted by Crippen LogP contribution is -2.41. The second-order valence-corrected chi connectivity index (χ2v) is 8.50. The van der Waals surface area contributed by atoms with E-state index in [9.17, 15) is 9.59 Å². The fourth-order valence-corrected chi connectivity index (χ4v) is 4.78. The Hall–Kier alpha value is -2.15. The van der Waals surface area contributed by atoms with Crippen LogP contribution in [0.1, 0.15) is 44.4 Å². The summed E-state index contributed by atoms with van der Waals surface area (Å²) in [5.74, 6) is 0.608. The number of aromatic nitrogens is 3. The number of nitrogens with one attached hydrogen (secondary N) is 1.